The summed E-state index contributed by atoms with van der Waals surface area (Å²) in [6.45, 7) is 7.54. The maximum Gasteiger partial charge on any atom is 0.265 e. The predicted molar refractivity (Wildman–Crippen MR) is 116 cm³/mol. The highest BCUT2D eigenvalue weighted by atomic mass is 35.5. The van der Waals surface area contributed by atoms with Crippen LogP contribution in [0.5, 0.6) is 0 Å². The van der Waals surface area contributed by atoms with E-state index in [0.717, 1.165) is 25.2 Å². The fraction of sp³-hybridized carbons (Fsp3) is 0.381. The predicted octanol–water partition coefficient (Wildman–Crippen LogP) is 3.16. The van der Waals surface area contributed by atoms with Crippen LogP contribution < -0.4 is 9.62 Å². The molecule has 1 amide bonds. The van der Waals surface area contributed by atoms with Crippen LogP contribution in [0.2, 0.25) is 5.02 Å². The summed E-state index contributed by atoms with van der Waals surface area (Å²) in [4.78, 5) is 14.7. The van der Waals surface area contributed by atoms with Crippen molar-refractivity contribution < 1.29 is 13.2 Å². The van der Waals surface area contributed by atoms with Crippen LogP contribution in [0.1, 0.15) is 29.8 Å². The second-order valence-electron chi connectivity index (χ2n) is 6.88. The van der Waals surface area contributed by atoms with Crippen molar-refractivity contribution >= 4 is 33.2 Å². The van der Waals surface area contributed by atoms with E-state index in [1.807, 2.05) is 18.2 Å². The molecule has 1 N–H and O–H groups in total. The SMILES string of the molecule is CCN(CC)CCNC(=O)c1ccc(Cl)c(S(=O)(=O)N2CCc3ccccc32)c1. The number of benzene rings is 2. The number of nitrogens with one attached hydrogen (secondary N) is 1. The molecule has 1 aliphatic heterocycles. The number of hydrogen-bond acceptors (Lipinski definition) is 4. The van der Waals surface area contributed by atoms with Gasteiger partial charge in [0.1, 0.15) is 4.90 Å². The Morgan fingerprint density at radius 3 is 2.62 bits per heavy atom. The number of para-hydroxylation sites is 1. The third-order valence-electron chi connectivity index (χ3n) is 5.21. The largest absolute Gasteiger partial charge is 0.351 e. The molecular formula is C21H26ClN3O3S. The van der Waals surface area contributed by atoms with Gasteiger partial charge in [0, 0.05) is 25.2 Å². The van der Waals surface area contributed by atoms with Crippen LogP contribution in [0.4, 0.5) is 5.69 Å². The van der Waals surface area contributed by atoms with E-state index < -0.39 is 10.0 Å². The first-order valence-corrected chi connectivity index (χ1v) is 11.6. The molecule has 0 bridgehead atoms. The molecule has 8 heteroatoms. The number of likely N-dealkylation sites (N-methyl/N-ethyl adjacent to an activating group) is 1. The zero-order chi connectivity index (χ0) is 21.0. The fourth-order valence-electron chi connectivity index (χ4n) is 3.49. The summed E-state index contributed by atoms with van der Waals surface area (Å²) in [5.41, 5.74) is 1.93. The van der Waals surface area contributed by atoms with Gasteiger partial charge >= 0.3 is 0 Å². The lowest BCUT2D eigenvalue weighted by Crippen LogP contribution is -2.35. The first-order chi connectivity index (χ1) is 13.9. The molecule has 0 fully saturated rings. The monoisotopic (exact) mass is 435 g/mol. The molecule has 0 saturated heterocycles. The van der Waals surface area contributed by atoms with Crippen molar-refractivity contribution in [1.82, 2.24) is 10.2 Å². The number of halogens is 1. The first-order valence-electron chi connectivity index (χ1n) is 9.79. The molecule has 0 atom stereocenters. The standard InChI is InChI=1S/C21H26ClN3O3S/c1-3-24(4-2)14-12-23-21(26)17-9-10-18(22)20(15-17)29(27,28)25-13-11-16-7-5-6-8-19(16)25/h5-10,15H,3-4,11-14H2,1-2H3,(H,23,26). The number of amides is 1. The van der Waals surface area contributed by atoms with E-state index >= 15 is 0 Å². The summed E-state index contributed by atoms with van der Waals surface area (Å²) in [6.07, 6.45) is 0.651. The van der Waals surface area contributed by atoms with Crippen LogP contribution in [0.15, 0.2) is 47.4 Å². The van der Waals surface area contributed by atoms with Crippen molar-refractivity contribution in [2.75, 3.05) is 37.0 Å². The Morgan fingerprint density at radius 2 is 1.90 bits per heavy atom. The van der Waals surface area contributed by atoms with E-state index in [-0.39, 0.29) is 21.4 Å². The second-order valence-corrected chi connectivity index (χ2v) is 9.12. The van der Waals surface area contributed by atoms with E-state index in [1.54, 1.807) is 12.1 Å². The average Bonchev–Trinajstić information content (AvgIpc) is 3.16. The van der Waals surface area contributed by atoms with Crippen LogP contribution in [-0.4, -0.2) is 51.9 Å². The summed E-state index contributed by atoms with van der Waals surface area (Å²) in [7, 11) is -3.87. The third kappa shape index (κ3) is 4.57. The molecule has 29 heavy (non-hydrogen) atoms. The van der Waals surface area contributed by atoms with Crippen LogP contribution in [0.25, 0.3) is 0 Å². The molecular weight excluding hydrogens is 410 g/mol. The van der Waals surface area contributed by atoms with Crippen molar-refractivity contribution in [3.63, 3.8) is 0 Å². The van der Waals surface area contributed by atoms with Gasteiger partial charge in [0.05, 0.1) is 10.7 Å². The van der Waals surface area contributed by atoms with Gasteiger partial charge < -0.3 is 10.2 Å². The van der Waals surface area contributed by atoms with Gasteiger partial charge in [0.25, 0.3) is 15.9 Å². The number of carbonyl (C=O) groups excluding carboxylic acids is 1. The molecule has 6 nitrogen and oxygen atoms in total. The molecule has 2 aromatic rings. The minimum Gasteiger partial charge on any atom is -0.351 e. The highest BCUT2D eigenvalue weighted by Crippen LogP contribution is 2.35. The second kappa shape index (κ2) is 9.15. The quantitative estimate of drug-likeness (QED) is 0.691. The zero-order valence-electron chi connectivity index (χ0n) is 16.7. The fourth-order valence-corrected chi connectivity index (χ4v) is 5.49. The first kappa shape index (κ1) is 21.6. The Balaban J connectivity index is 1.81. The highest BCUT2D eigenvalue weighted by Gasteiger charge is 2.32. The van der Waals surface area contributed by atoms with Gasteiger partial charge in [-0.05, 0) is 49.3 Å². The van der Waals surface area contributed by atoms with Crippen molar-refractivity contribution in [1.29, 1.82) is 0 Å². The molecule has 0 radical (unpaired) electrons. The van der Waals surface area contributed by atoms with Gasteiger partial charge in [-0.15, -0.1) is 0 Å². The van der Waals surface area contributed by atoms with Crippen LogP contribution >= 0.6 is 11.6 Å². The Labute approximate surface area is 177 Å². The summed E-state index contributed by atoms with van der Waals surface area (Å²) in [6, 6.07) is 11.8. The number of rotatable bonds is 8. The van der Waals surface area contributed by atoms with E-state index in [0.29, 0.717) is 25.2 Å². The zero-order valence-corrected chi connectivity index (χ0v) is 18.3. The van der Waals surface area contributed by atoms with E-state index in [1.165, 1.54) is 16.4 Å². The van der Waals surface area contributed by atoms with Gasteiger partial charge in [-0.3, -0.25) is 9.10 Å². The molecule has 3 rings (SSSR count). The van der Waals surface area contributed by atoms with Gasteiger partial charge in [0.2, 0.25) is 0 Å². The number of carbonyl (C=O) groups is 1. The van der Waals surface area contributed by atoms with Crippen molar-refractivity contribution in [3.05, 3.63) is 58.6 Å². The van der Waals surface area contributed by atoms with Gasteiger partial charge in [-0.1, -0.05) is 43.6 Å². The number of hydrogen-bond donors (Lipinski definition) is 1. The Kier molecular flexibility index (Phi) is 6.82. The number of sulfonamides is 1. The number of nitrogens with zero attached hydrogens (tertiary/aromatic N) is 2. The normalized spacial score (nSPS) is 13.6. The lowest BCUT2D eigenvalue weighted by molar-refractivity contribution is 0.0948. The molecule has 1 heterocycles. The van der Waals surface area contributed by atoms with Crippen molar-refractivity contribution in [3.8, 4) is 0 Å². The van der Waals surface area contributed by atoms with E-state index in [4.69, 9.17) is 11.6 Å². The topological polar surface area (TPSA) is 69.7 Å². The molecule has 1 aliphatic rings. The summed E-state index contributed by atoms with van der Waals surface area (Å²) < 4.78 is 27.9. The van der Waals surface area contributed by atoms with Gasteiger partial charge in [-0.25, -0.2) is 8.42 Å². The van der Waals surface area contributed by atoms with Crippen LogP contribution in [0.3, 0.4) is 0 Å². The maximum atomic E-state index is 13.3. The van der Waals surface area contributed by atoms with Crippen LogP contribution in [0, 0.1) is 0 Å². The molecule has 0 aliphatic carbocycles. The summed E-state index contributed by atoms with van der Waals surface area (Å²) in [5.74, 6) is -0.313. The Bertz CT molecular complexity index is 990. The molecule has 2 aromatic carbocycles. The highest BCUT2D eigenvalue weighted by molar-refractivity contribution is 7.93. The maximum absolute atomic E-state index is 13.3. The molecule has 0 spiro atoms. The molecule has 156 valence electrons. The smallest absolute Gasteiger partial charge is 0.265 e. The summed E-state index contributed by atoms with van der Waals surface area (Å²) >= 11 is 6.23. The Morgan fingerprint density at radius 1 is 1.17 bits per heavy atom. The molecule has 0 saturated carbocycles. The lowest BCUT2D eigenvalue weighted by atomic mass is 10.2. The van der Waals surface area contributed by atoms with Crippen molar-refractivity contribution in [2.45, 2.75) is 25.2 Å². The average molecular weight is 436 g/mol. The van der Waals surface area contributed by atoms with E-state index in [2.05, 4.69) is 24.1 Å². The lowest BCUT2D eigenvalue weighted by Gasteiger charge is -2.21. The van der Waals surface area contributed by atoms with E-state index in [9.17, 15) is 13.2 Å². The number of anilines is 1. The minimum absolute atomic E-state index is 0.0488. The molecule has 0 aromatic heterocycles. The molecule has 0 unspecified atom stereocenters. The minimum atomic E-state index is -3.87. The Hall–Kier alpha value is -2.09. The van der Waals surface area contributed by atoms with Crippen molar-refractivity contribution in [2.24, 2.45) is 0 Å². The van der Waals surface area contributed by atoms with Gasteiger partial charge in [0.15, 0.2) is 0 Å². The third-order valence-corrected chi connectivity index (χ3v) is 7.51. The van der Waals surface area contributed by atoms with Crippen LogP contribution in [-0.2, 0) is 16.4 Å². The number of fused-ring (bicyclic) bond motifs is 1. The summed E-state index contributed by atoms with van der Waals surface area (Å²) in [5, 5.41) is 2.95. The van der Waals surface area contributed by atoms with Gasteiger partial charge in [-0.2, -0.15) is 0 Å².